The molecule has 2 bridgehead atoms. The van der Waals surface area contributed by atoms with Gasteiger partial charge in [-0.05, 0) is 50.4 Å². The topological polar surface area (TPSA) is 80.8 Å². The molecule has 2 aliphatic carbocycles. The standard InChI is InChI=1S/C15H21NO5S/c1-7-8(2)12-5-11(7)6-13(12)22(19,20)21-16-14(17)9(3)10(4)15(16)18/h7-8,11-13H,5-6H2,1-4H3. The SMILES string of the molecule is CC1=C(C)C(=O)N(OS(=O)(=O)C2CC3CC2C(C)C3C)C1=O. The second kappa shape index (κ2) is 4.89. The Balaban J connectivity index is 1.79. The van der Waals surface area contributed by atoms with Crippen molar-refractivity contribution >= 4 is 21.9 Å². The number of hydroxylamine groups is 2. The van der Waals surface area contributed by atoms with Crippen LogP contribution in [0, 0.1) is 23.7 Å². The quantitative estimate of drug-likeness (QED) is 0.736. The molecule has 0 radical (unpaired) electrons. The molecule has 3 rings (SSSR count). The molecule has 2 fully saturated rings. The van der Waals surface area contributed by atoms with Crippen LogP contribution < -0.4 is 0 Å². The zero-order valence-electron chi connectivity index (χ0n) is 13.2. The maximum Gasteiger partial charge on any atom is 0.291 e. The van der Waals surface area contributed by atoms with Crippen molar-refractivity contribution in [1.29, 1.82) is 0 Å². The lowest BCUT2D eigenvalue weighted by atomic mass is 9.81. The van der Waals surface area contributed by atoms with Gasteiger partial charge >= 0.3 is 0 Å². The highest BCUT2D eigenvalue weighted by Gasteiger charge is 2.55. The van der Waals surface area contributed by atoms with Gasteiger partial charge in [0.05, 0.1) is 5.25 Å². The first-order valence-electron chi connectivity index (χ1n) is 7.64. The van der Waals surface area contributed by atoms with Crippen LogP contribution in [0.4, 0.5) is 0 Å². The predicted octanol–water partition coefficient (Wildman–Crippen LogP) is 1.63. The van der Waals surface area contributed by atoms with Gasteiger partial charge in [0, 0.05) is 11.1 Å². The summed E-state index contributed by atoms with van der Waals surface area (Å²) in [4.78, 5) is 23.9. The third-order valence-corrected chi connectivity index (χ3v) is 7.60. The second-order valence-corrected chi connectivity index (χ2v) is 8.61. The summed E-state index contributed by atoms with van der Waals surface area (Å²) < 4.78 is 30.0. The van der Waals surface area contributed by atoms with E-state index in [0.717, 1.165) is 6.42 Å². The van der Waals surface area contributed by atoms with Gasteiger partial charge in [-0.15, -0.1) is 9.35 Å². The van der Waals surface area contributed by atoms with Gasteiger partial charge in [-0.2, -0.15) is 8.42 Å². The van der Waals surface area contributed by atoms with Crippen LogP contribution in [0.1, 0.15) is 40.5 Å². The summed E-state index contributed by atoms with van der Waals surface area (Å²) in [6.07, 6.45) is 1.44. The minimum Gasteiger partial charge on any atom is -0.267 e. The number of hydrogen-bond donors (Lipinski definition) is 0. The number of amides is 2. The van der Waals surface area contributed by atoms with Gasteiger partial charge in [-0.25, -0.2) is 0 Å². The lowest BCUT2D eigenvalue weighted by Crippen LogP contribution is -2.41. The highest BCUT2D eigenvalue weighted by molar-refractivity contribution is 7.87. The van der Waals surface area contributed by atoms with E-state index in [4.69, 9.17) is 4.28 Å². The van der Waals surface area contributed by atoms with Crippen LogP contribution in [0.2, 0.25) is 0 Å². The third kappa shape index (κ3) is 2.06. The van der Waals surface area contributed by atoms with Gasteiger partial charge in [0.25, 0.3) is 21.9 Å². The van der Waals surface area contributed by atoms with Gasteiger partial charge in [-0.1, -0.05) is 13.8 Å². The number of hydrogen-bond acceptors (Lipinski definition) is 5. The van der Waals surface area contributed by atoms with E-state index in [1.54, 1.807) is 0 Å². The first kappa shape index (κ1) is 15.7. The lowest BCUT2D eigenvalue weighted by Gasteiger charge is -2.31. The Morgan fingerprint density at radius 3 is 2.00 bits per heavy atom. The van der Waals surface area contributed by atoms with E-state index in [0.29, 0.717) is 29.2 Å². The molecule has 1 aliphatic heterocycles. The molecule has 5 atom stereocenters. The first-order valence-corrected chi connectivity index (χ1v) is 9.12. The van der Waals surface area contributed by atoms with Crippen LogP contribution in [0.3, 0.4) is 0 Å². The molecule has 0 N–H and O–H groups in total. The van der Waals surface area contributed by atoms with Crippen molar-refractivity contribution in [3.8, 4) is 0 Å². The van der Waals surface area contributed by atoms with Crippen LogP contribution in [0.5, 0.6) is 0 Å². The minimum absolute atomic E-state index is 0.0490. The number of nitrogens with zero attached hydrogens (tertiary/aromatic N) is 1. The van der Waals surface area contributed by atoms with Crippen molar-refractivity contribution in [3.63, 3.8) is 0 Å². The van der Waals surface area contributed by atoms with Gasteiger partial charge in [0.2, 0.25) is 0 Å². The monoisotopic (exact) mass is 327 g/mol. The number of carbonyl (C=O) groups excluding carboxylic acids is 2. The number of rotatable bonds is 3. The maximum absolute atomic E-state index is 12.5. The average Bonchev–Trinajstić information content (AvgIpc) is 3.07. The van der Waals surface area contributed by atoms with E-state index in [1.807, 2.05) is 0 Å². The Hall–Kier alpha value is -1.21. The number of imide groups is 1. The van der Waals surface area contributed by atoms with E-state index in [-0.39, 0.29) is 17.1 Å². The van der Waals surface area contributed by atoms with E-state index < -0.39 is 27.2 Å². The van der Waals surface area contributed by atoms with Crippen LogP contribution in [0.25, 0.3) is 0 Å². The van der Waals surface area contributed by atoms with E-state index >= 15 is 0 Å². The molecule has 0 aromatic rings. The molecular formula is C15H21NO5S. The molecule has 122 valence electrons. The van der Waals surface area contributed by atoms with Gasteiger partial charge < -0.3 is 0 Å². The third-order valence-electron chi connectivity index (χ3n) is 5.96. The maximum atomic E-state index is 12.5. The summed E-state index contributed by atoms with van der Waals surface area (Å²) in [6, 6.07) is 0. The van der Waals surface area contributed by atoms with Crippen molar-refractivity contribution in [1.82, 2.24) is 5.06 Å². The van der Waals surface area contributed by atoms with Crippen LogP contribution in [-0.4, -0.2) is 30.5 Å². The molecule has 2 amide bonds. The molecule has 0 aromatic heterocycles. The molecule has 5 unspecified atom stereocenters. The molecule has 2 saturated carbocycles. The molecule has 1 heterocycles. The smallest absolute Gasteiger partial charge is 0.267 e. The highest BCUT2D eigenvalue weighted by atomic mass is 32.2. The fourth-order valence-electron chi connectivity index (χ4n) is 4.15. The zero-order chi connectivity index (χ0) is 16.4. The van der Waals surface area contributed by atoms with E-state index in [9.17, 15) is 18.0 Å². The Kier molecular flexibility index (Phi) is 3.49. The largest absolute Gasteiger partial charge is 0.291 e. The minimum atomic E-state index is -3.99. The molecule has 7 heteroatoms. The van der Waals surface area contributed by atoms with Gasteiger partial charge in [-0.3, -0.25) is 9.59 Å². The second-order valence-electron chi connectivity index (χ2n) is 6.87. The van der Waals surface area contributed by atoms with Crippen molar-refractivity contribution in [2.24, 2.45) is 23.7 Å². The molecule has 3 aliphatic rings. The number of carbonyl (C=O) groups is 2. The Morgan fingerprint density at radius 1 is 1.00 bits per heavy atom. The molecule has 0 aromatic carbocycles. The highest BCUT2D eigenvalue weighted by Crippen LogP contribution is 2.54. The molecule has 0 spiro atoms. The van der Waals surface area contributed by atoms with Crippen molar-refractivity contribution in [2.75, 3.05) is 0 Å². The zero-order valence-corrected chi connectivity index (χ0v) is 14.0. The Morgan fingerprint density at radius 2 is 1.55 bits per heavy atom. The summed E-state index contributed by atoms with van der Waals surface area (Å²) in [7, 11) is -3.99. The summed E-state index contributed by atoms with van der Waals surface area (Å²) >= 11 is 0. The van der Waals surface area contributed by atoms with E-state index in [1.165, 1.54) is 13.8 Å². The van der Waals surface area contributed by atoms with Gasteiger partial charge in [0.15, 0.2) is 0 Å². The van der Waals surface area contributed by atoms with Crippen LogP contribution >= 0.6 is 0 Å². The summed E-state index contributed by atoms with van der Waals surface area (Å²) in [5.41, 5.74) is 0.463. The van der Waals surface area contributed by atoms with Crippen molar-refractivity contribution in [3.05, 3.63) is 11.1 Å². The predicted molar refractivity (Wildman–Crippen MR) is 78.6 cm³/mol. The molecule has 22 heavy (non-hydrogen) atoms. The Labute approximate surface area is 130 Å². The summed E-state index contributed by atoms with van der Waals surface area (Å²) in [5, 5.41) is -0.217. The Bertz CT molecular complexity index is 654. The molecular weight excluding hydrogens is 306 g/mol. The number of fused-ring (bicyclic) bond motifs is 2. The lowest BCUT2D eigenvalue weighted by molar-refractivity contribution is -0.163. The average molecular weight is 327 g/mol. The summed E-state index contributed by atoms with van der Waals surface area (Å²) in [6.45, 7) is 7.21. The van der Waals surface area contributed by atoms with Crippen LogP contribution in [-0.2, 0) is 24.0 Å². The van der Waals surface area contributed by atoms with Crippen molar-refractivity contribution < 1.29 is 22.3 Å². The normalized spacial score (nSPS) is 38.5. The molecule has 6 nitrogen and oxygen atoms in total. The van der Waals surface area contributed by atoms with Crippen molar-refractivity contribution in [2.45, 2.75) is 45.8 Å². The van der Waals surface area contributed by atoms with Gasteiger partial charge in [0.1, 0.15) is 0 Å². The van der Waals surface area contributed by atoms with E-state index in [2.05, 4.69) is 13.8 Å². The summed E-state index contributed by atoms with van der Waals surface area (Å²) in [5.74, 6) is -0.111. The molecule has 0 saturated heterocycles. The van der Waals surface area contributed by atoms with Crippen LogP contribution in [0.15, 0.2) is 11.1 Å². The first-order chi connectivity index (χ1) is 10.1. The fourth-order valence-corrected chi connectivity index (χ4v) is 5.87. The fraction of sp³-hybridized carbons (Fsp3) is 0.733.